The highest BCUT2D eigenvalue weighted by Gasteiger charge is 2.07. The van der Waals surface area contributed by atoms with Crippen LogP contribution in [0.25, 0.3) is 0 Å². The van der Waals surface area contributed by atoms with Crippen LogP contribution in [-0.4, -0.2) is 17.3 Å². The van der Waals surface area contributed by atoms with Gasteiger partial charge in [0.25, 0.3) is 0 Å². The van der Waals surface area contributed by atoms with Gasteiger partial charge in [-0.2, -0.15) is 18.3 Å². The minimum absolute atomic E-state index is 0.432. The fourth-order valence-corrected chi connectivity index (χ4v) is 0.601. The molecular weight excluding hydrogens is 198 g/mol. The lowest BCUT2D eigenvalue weighted by Crippen LogP contribution is -2.15. The van der Waals surface area contributed by atoms with Crippen LogP contribution >= 0.6 is 11.6 Å². The third kappa shape index (κ3) is 6.03. The van der Waals surface area contributed by atoms with Gasteiger partial charge in [-0.3, -0.25) is 0 Å². The minimum atomic E-state index is -3.67. The third-order valence-corrected chi connectivity index (χ3v) is 1.18. The summed E-state index contributed by atoms with van der Waals surface area (Å²) >= 11 is 5.38. The summed E-state index contributed by atoms with van der Waals surface area (Å²) in [6.45, 7) is -3.67. The van der Waals surface area contributed by atoms with Crippen LogP contribution in [0.15, 0.2) is 24.4 Å². The van der Waals surface area contributed by atoms with Crippen molar-refractivity contribution < 1.29 is 17.7 Å². The lowest BCUT2D eigenvalue weighted by molar-refractivity contribution is 0.00819. The van der Waals surface area contributed by atoms with E-state index in [2.05, 4.69) is 0 Å². The molecule has 1 atom stereocenters. The molecule has 1 heterocycles. The van der Waals surface area contributed by atoms with Crippen molar-refractivity contribution in [2.24, 2.45) is 0 Å². The Balaban J connectivity index is 0.000000261. The Morgan fingerprint density at radius 3 is 2.00 bits per heavy atom. The van der Waals surface area contributed by atoms with Crippen LogP contribution < -0.4 is 0 Å². The first kappa shape index (κ1) is 11.3. The van der Waals surface area contributed by atoms with E-state index in [1.165, 1.54) is 6.20 Å². The zero-order valence-electron chi connectivity index (χ0n) is 5.80. The molecule has 1 aliphatic heterocycles. The monoisotopic (exact) mass is 203 g/mol. The summed E-state index contributed by atoms with van der Waals surface area (Å²) in [7, 11) is 0. The van der Waals surface area contributed by atoms with Crippen molar-refractivity contribution in [1.29, 1.82) is 0 Å². The molecule has 0 aromatic rings. The summed E-state index contributed by atoms with van der Waals surface area (Å²) in [5, 5.41) is 0.432. The average molecular weight is 204 g/mol. The number of alkyl halides is 4. The van der Waals surface area contributed by atoms with Crippen molar-refractivity contribution in [2.45, 2.75) is 12.2 Å². The maximum absolute atomic E-state index is 12.1. The molecule has 1 aliphatic rings. The summed E-state index contributed by atoms with van der Waals surface area (Å²) in [6.07, 6.45) is 6.12. The molecule has 0 N–H and O–H groups in total. The number of allylic oxidation sites excluding steroid dienone is 2. The Hall–Kier alpha value is -0.710. The Bertz CT molecular complexity index is 152. The molecular formula is C6H6ClF4N. The molecule has 1 rings (SSSR count). The van der Waals surface area contributed by atoms with Crippen molar-refractivity contribution in [3.05, 3.63) is 24.4 Å². The van der Waals surface area contributed by atoms with Crippen LogP contribution in [0.2, 0.25) is 0 Å². The lowest BCUT2D eigenvalue weighted by Gasteiger charge is -2.13. The van der Waals surface area contributed by atoms with Crippen molar-refractivity contribution in [1.82, 2.24) is 5.12 Å². The van der Waals surface area contributed by atoms with Crippen LogP contribution in [0.4, 0.5) is 17.7 Å². The molecule has 12 heavy (non-hydrogen) atoms. The summed E-state index contributed by atoms with van der Waals surface area (Å²) in [5.74, 6) is 0. The van der Waals surface area contributed by atoms with Gasteiger partial charge in [-0.25, -0.2) is 0 Å². The number of nitrogens with zero attached hydrogens (tertiary/aromatic N) is 1. The first-order valence-electron chi connectivity index (χ1n) is 2.89. The molecule has 0 radical (unpaired) electrons. The van der Waals surface area contributed by atoms with E-state index in [9.17, 15) is 17.7 Å². The second-order valence-electron chi connectivity index (χ2n) is 1.69. The highest BCUT2D eigenvalue weighted by atomic mass is 35.5. The number of hydrogen-bond acceptors (Lipinski definition) is 1. The summed E-state index contributed by atoms with van der Waals surface area (Å²) in [5.41, 5.74) is -0.625. The molecule has 0 bridgehead atoms. The molecule has 1 unspecified atom stereocenters. The van der Waals surface area contributed by atoms with Crippen LogP contribution in [0.3, 0.4) is 0 Å². The fraction of sp³-hybridized carbons (Fsp3) is 0.333. The number of hydrogen-bond donors (Lipinski definition) is 0. The maximum Gasteiger partial charge on any atom is 0.379 e. The minimum Gasteiger partial charge on any atom is -0.197 e. The SMILES string of the molecule is FC(F)F.FN1C=CC=CC1Cl. The molecule has 0 aromatic heterocycles. The van der Waals surface area contributed by atoms with Crippen LogP contribution in [0.1, 0.15) is 0 Å². The molecule has 0 saturated carbocycles. The normalized spacial score (nSPS) is 20.8. The highest BCUT2D eigenvalue weighted by Crippen LogP contribution is 2.11. The van der Waals surface area contributed by atoms with E-state index in [4.69, 9.17) is 11.6 Å². The van der Waals surface area contributed by atoms with Crippen molar-refractivity contribution >= 4 is 11.6 Å². The first-order chi connectivity index (χ1) is 5.54. The van der Waals surface area contributed by atoms with Gasteiger partial charge in [-0.15, -0.1) is 0 Å². The highest BCUT2D eigenvalue weighted by molar-refractivity contribution is 6.21. The van der Waals surface area contributed by atoms with Crippen molar-refractivity contribution in [3.63, 3.8) is 0 Å². The Morgan fingerprint density at radius 2 is 1.75 bits per heavy atom. The zero-order valence-corrected chi connectivity index (χ0v) is 6.56. The first-order valence-corrected chi connectivity index (χ1v) is 3.33. The van der Waals surface area contributed by atoms with Gasteiger partial charge in [0, 0.05) is 6.20 Å². The van der Waals surface area contributed by atoms with Crippen molar-refractivity contribution in [2.75, 3.05) is 0 Å². The number of halogens is 5. The van der Waals surface area contributed by atoms with Crippen molar-refractivity contribution in [3.8, 4) is 0 Å². The summed E-state index contributed by atoms with van der Waals surface area (Å²) < 4.78 is 41.1. The van der Waals surface area contributed by atoms with E-state index >= 15 is 0 Å². The maximum atomic E-state index is 12.1. The molecule has 0 amide bonds. The number of rotatable bonds is 0. The molecule has 1 nitrogen and oxygen atoms in total. The van der Waals surface area contributed by atoms with Gasteiger partial charge in [0.1, 0.15) is 0 Å². The van der Waals surface area contributed by atoms with E-state index in [0.717, 1.165) is 0 Å². The van der Waals surface area contributed by atoms with E-state index in [1.807, 2.05) is 0 Å². The molecule has 0 spiro atoms. The van der Waals surface area contributed by atoms with E-state index in [-0.39, 0.29) is 0 Å². The van der Waals surface area contributed by atoms with Gasteiger partial charge >= 0.3 is 6.68 Å². The van der Waals surface area contributed by atoms with Gasteiger partial charge in [-0.05, 0) is 12.2 Å². The Kier molecular flexibility index (Phi) is 5.53. The van der Waals surface area contributed by atoms with E-state index in [0.29, 0.717) is 5.12 Å². The van der Waals surface area contributed by atoms with Gasteiger partial charge in [-0.1, -0.05) is 22.2 Å². The summed E-state index contributed by atoms with van der Waals surface area (Å²) in [4.78, 5) is 0. The Labute approximate surface area is 71.8 Å². The molecule has 0 fully saturated rings. The average Bonchev–Trinajstić information content (AvgIpc) is 1.94. The predicted octanol–water partition coefficient (Wildman–Crippen LogP) is 3.00. The van der Waals surface area contributed by atoms with Crippen LogP contribution in [0, 0.1) is 0 Å². The lowest BCUT2D eigenvalue weighted by atomic mass is 10.4. The standard InChI is InChI=1S/C5H5ClFN.CHF3/c6-5-3-1-2-4-8(5)7;2-1(3)4/h1-5H;1H. The Morgan fingerprint density at radius 1 is 1.25 bits per heavy atom. The largest absolute Gasteiger partial charge is 0.379 e. The van der Waals surface area contributed by atoms with Gasteiger partial charge in [0.15, 0.2) is 5.50 Å². The zero-order chi connectivity index (χ0) is 9.56. The molecule has 0 saturated heterocycles. The second kappa shape index (κ2) is 5.88. The summed E-state index contributed by atoms with van der Waals surface area (Å²) in [6, 6.07) is 0. The van der Waals surface area contributed by atoms with Gasteiger partial charge in [0.05, 0.1) is 0 Å². The molecule has 70 valence electrons. The van der Waals surface area contributed by atoms with Gasteiger partial charge in [0.2, 0.25) is 0 Å². The van der Waals surface area contributed by atoms with E-state index < -0.39 is 12.2 Å². The smallest absolute Gasteiger partial charge is 0.197 e. The van der Waals surface area contributed by atoms with E-state index in [1.54, 1.807) is 18.2 Å². The van der Waals surface area contributed by atoms with Gasteiger partial charge < -0.3 is 0 Å². The molecule has 0 aliphatic carbocycles. The quantitative estimate of drug-likeness (QED) is 0.253. The van der Waals surface area contributed by atoms with Crippen LogP contribution in [-0.2, 0) is 0 Å². The second-order valence-corrected chi connectivity index (χ2v) is 2.14. The fourth-order valence-electron chi connectivity index (χ4n) is 0.452. The van der Waals surface area contributed by atoms with Crippen LogP contribution in [0.5, 0.6) is 0 Å². The molecule has 6 heteroatoms. The third-order valence-electron chi connectivity index (χ3n) is 0.845. The topological polar surface area (TPSA) is 3.24 Å². The predicted molar refractivity (Wildman–Crippen MR) is 38.0 cm³/mol. The molecule has 0 aromatic carbocycles.